The van der Waals surface area contributed by atoms with Crippen molar-refractivity contribution in [1.82, 2.24) is 4.31 Å². The average Bonchev–Trinajstić information content (AvgIpc) is 2.61. The fourth-order valence-electron chi connectivity index (χ4n) is 2.66. The summed E-state index contributed by atoms with van der Waals surface area (Å²) >= 11 is 0. The molecule has 1 N–H and O–H groups in total. The van der Waals surface area contributed by atoms with Crippen LogP contribution in [0.4, 0.5) is 11.4 Å². The van der Waals surface area contributed by atoms with Gasteiger partial charge in [0.1, 0.15) is 5.69 Å². The van der Waals surface area contributed by atoms with Crippen molar-refractivity contribution in [2.45, 2.75) is 11.8 Å². The van der Waals surface area contributed by atoms with Crippen LogP contribution >= 0.6 is 0 Å². The first-order chi connectivity index (χ1) is 12.1. The van der Waals surface area contributed by atoms with Gasteiger partial charge in [0, 0.05) is 32.7 Å². The number of sulfonamides is 1. The largest absolute Gasteiger partial charge is 0.481 e. The molecule has 1 aromatic carbocycles. The lowest BCUT2D eigenvalue weighted by molar-refractivity contribution is -0.384. The molecule has 0 aromatic heterocycles. The van der Waals surface area contributed by atoms with Gasteiger partial charge in [0.25, 0.3) is 5.69 Å². The van der Waals surface area contributed by atoms with Gasteiger partial charge < -0.3 is 14.7 Å². The number of carboxylic acids is 1. The van der Waals surface area contributed by atoms with E-state index < -0.39 is 26.8 Å². The molecule has 11 heteroatoms. The number of anilines is 1. The Morgan fingerprint density at radius 3 is 2.58 bits per heavy atom. The fraction of sp³-hybridized carbons (Fsp3) is 0.533. The molecule has 10 nitrogen and oxygen atoms in total. The van der Waals surface area contributed by atoms with Crippen molar-refractivity contribution in [3.63, 3.8) is 0 Å². The third-order valence-corrected chi connectivity index (χ3v) is 6.03. The summed E-state index contributed by atoms with van der Waals surface area (Å²) in [4.78, 5) is 23.0. The highest BCUT2D eigenvalue weighted by molar-refractivity contribution is 7.89. The molecular formula is C15H21N3O7S. The molecule has 0 bridgehead atoms. The van der Waals surface area contributed by atoms with Crippen LogP contribution in [0.15, 0.2) is 23.1 Å². The summed E-state index contributed by atoms with van der Waals surface area (Å²) in [5, 5.41) is 20.4. The summed E-state index contributed by atoms with van der Waals surface area (Å²) in [6, 6.07) is 3.65. The van der Waals surface area contributed by atoms with Crippen molar-refractivity contribution < 1.29 is 28.0 Å². The average molecular weight is 387 g/mol. The molecule has 1 aliphatic heterocycles. The summed E-state index contributed by atoms with van der Waals surface area (Å²) in [5.74, 6) is -1.76. The first kappa shape index (κ1) is 20.1. The maximum Gasteiger partial charge on any atom is 0.308 e. The van der Waals surface area contributed by atoms with Crippen LogP contribution < -0.4 is 4.90 Å². The van der Waals surface area contributed by atoms with Crippen LogP contribution in [-0.4, -0.2) is 68.6 Å². The number of morpholine rings is 1. The van der Waals surface area contributed by atoms with Gasteiger partial charge in [-0.2, -0.15) is 4.31 Å². The van der Waals surface area contributed by atoms with Gasteiger partial charge in [-0.25, -0.2) is 8.42 Å². The monoisotopic (exact) mass is 387 g/mol. The maximum absolute atomic E-state index is 12.7. The lowest BCUT2D eigenvalue weighted by Crippen LogP contribution is -2.40. The van der Waals surface area contributed by atoms with Crippen molar-refractivity contribution >= 4 is 27.4 Å². The van der Waals surface area contributed by atoms with E-state index in [0.717, 1.165) is 6.07 Å². The minimum atomic E-state index is -3.86. The Balaban J connectivity index is 2.36. The van der Waals surface area contributed by atoms with Crippen molar-refractivity contribution in [3.8, 4) is 0 Å². The Morgan fingerprint density at radius 2 is 2.04 bits per heavy atom. The SMILES string of the molecule is CC(CN(C)c1ccc(S(=O)(=O)N2CCOCC2)cc1[N+](=O)[O-])C(=O)O. The van der Waals surface area contributed by atoms with E-state index in [2.05, 4.69) is 0 Å². The highest BCUT2D eigenvalue weighted by Gasteiger charge is 2.30. The molecule has 1 atom stereocenters. The molecule has 144 valence electrons. The van der Waals surface area contributed by atoms with Gasteiger partial charge in [-0.05, 0) is 12.1 Å². The lowest BCUT2D eigenvalue weighted by atomic mass is 10.1. The third-order valence-electron chi connectivity index (χ3n) is 4.13. The van der Waals surface area contributed by atoms with E-state index in [1.165, 1.54) is 35.3 Å². The predicted octanol–water partition coefficient (Wildman–Crippen LogP) is 0.773. The van der Waals surface area contributed by atoms with E-state index in [0.29, 0.717) is 0 Å². The molecule has 0 radical (unpaired) electrons. The normalized spacial score (nSPS) is 16.8. The molecule has 1 saturated heterocycles. The van der Waals surface area contributed by atoms with Crippen LogP contribution in [0.5, 0.6) is 0 Å². The van der Waals surface area contributed by atoms with Crippen molar-refractivity contribution in [3.05, 3.63) is 28.3 Å². The van der Waals surface area contributed by atoms with Gasteiger partial charge in [-0.1, -0.05) is 6.92 Å². The second-order valence-electron chi connectivity index (χ2n) is 6.04. The summed E-state index contributed by atoms with van der Waals surface area (Å²) in [6.07, 6.45) is 0. The Kier molecular flexibility index (Phi) is 6.16. The van der Waals surface area contributed by atoms with Gasteiger partial charge in [-0.3, -0.25) is 14.9 Å². The fourth-order valence-corrected chi connectivity index (χ4v) is 4.08. The molecule has 0 amide bonds. The number of rotatable bonds is 7. The predicted molar refractivity (Wildman–Crippen MR) is 92.7 cm³/mol. The number of benzene rings is 1. The molecule has 1 aromatic rings. The molecule has 1 fully saturated rings. The van der Waals surface area contributed by atoms with Crippen LogP contribution in [0.25, 0.3) is 0 Å². The number of carbonyl (C=O) groups is 1. The summed E-state index contributed by atoms with van der Waals surface area (Å²) in [7, 11) is -2.34. The van der Waals surface area contributed by atoms with Crippen LogP contribution in [-0.2, 0) is 19.6 Å². The number of hydrogen-bond acceptors (Lipinski definition) is 7. The van der Waals surface area contributed by atoms with Crippen molar-refractivity contribution in [2.75, 3.05) is 44.8 Å². The first-order valence-electron chi connectivity index (χ1n) is 7.95. The Hall–Kier alpha value is -2.24. The van der Waals surface area contributed by atoms with Gasteiger partial charge in [0.2, 0.25) is 10.0 Å². The summed E-state index contributed by atoms with van der Waals surface area (Å²) < 4.78 is 31.7. The Bertz CT molecular complexity index is 790. The molecule has 2 rings (SSSR count). The third kappa shape index (κ3) is 4.29. The zero-order valence-corrected chi connectivity index (χ0v) is 15.3. The number of nitro benzene ring substituents is 1. The second kappa shape index (κ2) is 7.98. The second-order valence-corrected chi connectivity index (χ2v) is 7.98. The van der Waals surface area contributed by atoms with Crippen LogP contribution in [0.3, 0.4) is 0 Å². The Morgan fingerprint density at radius 1 is 1.42 bits per heavy atom. The quantitative estimate of drug-likeness (QED) is 0.536. The van der Waals surface area contributed by atoms with Crippen LogP contribution in [0, 0.1) is 16.0 Å². The topological polar surface area (TPSA) is 130 Å². The molecular weight excluding hydrogens is 366 g/mol. The highest BCUT2D eigenvalue weighted by Crippen LogP contribution is 2.31. The number of ether oxygens (including phenoxy) is 1. The van der Waals surface area contributed by atoms with E-state index in [9.17, 15) is 23.3 Å². The standard InChI is InChI=1S/C15H21N3O7S/c1-11(15(19)20)10-16(2)13-4-3-12(9-14(13)18(21)22)26(23,24)17-5-7-25-8-6-17/h3-4,9,11H,5-8,10H2,1-2H3,(H,19,20). The first-order valence-corrected chi connectivity index (χ1v) is 9.39. The number of hydrogen-bond donors (Lipinski definition) is 1. The van der Waals surface area contributed by atoms with Crippen LogP contribution in [0.2, 0.25) is 0 Å². The van der Waals surface area contributed by atoms with E-state index in [1.54, 1.807) is 0 Å². The zero-order chi connectivity index (χ0) is 19.5. The Labute approximate surface area is 151 Å². The number of carboxylic acid groups (broad SMARTS) is 1. The smallest absolute Gasteiger partial charge is 0.308 e. The number of aliphatic carboxylic acids is 1. The highest BCUT2D eigenvalue weighted by atomic mass is 32.2. The number of nitro groups is 1. The molecule has 1 aliphatic rings. The van der Waals surface area contributed by atoms with Gasteiger partial charge >= 0.3 is 5.97 Å². The van der Waals surface area contributed by atoms with Crippen molar-refractivity contribution in [1.29, 1.82) is 0 Å². The van der Waals surface area contributed by atoms with Crippen molar-refractivity contribution in [2.24, 2.45) is 5.92 Å². The molecule has 1 unspecified atom stereocenters. The van der Waals surface area contributed by atoms with E-state index in [1.807, 2.05) is 0 Å². The van der Waals surface area contributed by atoms with Gasteiger partial charge in [0.15, 0.2) is 0 Å². The molecule has 0 saturated carbocycles. The maximum atomic E-state index is 12.7. The van der Waals surface area contributed by atoms with E-state index in [-0.39, 0.29) is 49.1 Å². The molecule has 1 heterocycles. The van der Waals surface area contributed by atoms with Gasteiger partial charge in [-0.15, -0.1) is 0 Å². The number of nitrogens with zero attached hydrogens (tertiary/aromatic N) is 3. The van der Waals surface area contributed by atoms with E-state index in [4.69, 9.17) is 9.84 Å². The molecule has 0 spiro atoms. The van der Waals surface area contributed by atoms with E-state index >= 15 is 0 Å². The van der Waals surface area contributed by atoms with Gasteiger partial charge in [0.05, 0.1) is 29.0 Å². The minimum absolute atomic E-state index is 0.0474. The summed E-state index contributed by atoms with van der Waals surface area (Å²) in [5.41, 5.74) is -0.233. The lowest BCUT2D eigenvalue weighted by Gasteiger charge is -2.26. The van der Waals surface area contributed by atoms with Crippen LogP contribution in [0.1, 0.15) is 6.92 Å². The minimum Gasteiger partial charge on any atom is -0.481 e. The summed E-state index contributed by atoms with van der Waals surface area (Å²) in [6.45, 7) is 2.46. The molecule has 26 heavy (non-hydrogen) atoms. The molecule has 0 aliphatic carbocycles. The zero-order valence-electron chi connectivity index (χ0n) is 14.5.